The van der Waals surface area contributed by atoms with Gasteiger partial charge in [0, 0.05) is 24.1 Å². The van der Waals surface area contributed by atoms with Crippen molar-refractivity contribution in [3.05, 3.63) is 89.2 Å². The fourth-order valence-corrected chi connectivity index (χ4v) is 4.32. The van der Waals surface area contributed by atoms with Crippen molar-refractivity contribution in [2.24, 2.45) is 0 Å². The average molecular weight is 417 g/mol. The molecular weight excluding hydrogens is 392 g/mol. The summed E-state index contributed by atoms with van der Waals surface area (Å²) < 4.78 is 2.20. The summed E-state index contributed by atoms with van der Waals surface area (Å²) in [6, 6.07) is 18.3. The number of nitrogens with one attached hydrogen (secondary N) is 1. The zero-order valence-electron chi connectivity index (χ0n) is 17.1. The number of thioether (sulfide) groups is 1. The third kappa shape index (κ3) is 4.54. The van der Waals surface area contributed by atoms with Gasteiger partial charge in [-0.1, -0.05) is 53.7 Å². The van der Waals surface area contributed by atoms with Crippen molar-refractivity contribution >= 4 is 28.7 Å². The van der Waals surface area contributed by atoms with E-state index in [1.165, 1.54) is 11.1 Å². The number of carbonyl (C=O) groups is 1. The highest BCUT2D eigenvalue weighted by atomic mass is 32.2. The molecule has 0 unspecified atom stereocenters. The number of pyridine rings is 1. The molecule has 2 heterocycles. The number of nitrogens with zero attached hydrogens (tertiary/aromatic N) is 3. The maximum Gasteiger partial charge on any atom is 0.251 e. The van der Waals surface area contributed by atoms with Crippen molar-refractivity contribution in [3.63, 3.8) is 0 Å². The maximum atomic E-state index is 12.0. The van der Waals surface area contributed by atoms with Crippen LogP contribution in [0.5, 0.6) is 0 Å². The molecule has 0 spiro atoms. The number of imidazole rings is 1. The van der Waals surface area contributed by atoms with E-state index in [-0.39, 0.29) is 5.91 Å². The number of amides is 1. The summed E-state index contributed by atoms with van der Waals surface area (Å²) in [6.07, 6.45) is 3.64. The molecule has 1 N–H and O–H groups in total. The highest BCUT2D eigenvalue weighted by Gasteiger charge is 2.13. The Hall–Kier alpha value is -3.12. The van der Waals surface area contributed by atoms with Gasteiger partial charge < -0.3 is 9.88 Å². The fraction of sp³-hybridized carbons (Fsp3) is 0.208. The summed E-state index contributed by atoms with van der Waals surface area (Å²) in [7, 11) is 0. The van der Waals surface area contributed by atoms with Crippen molar-refractivity contribution in [3.8, 4) is 0 Å². The Morgan fingerprint density at radius 2 is 1.93 bits per heavy atom. The first-order chi connectivity index (χ1) is 14.6. The number of rotatable bonds is 7. The molecule has 6 heteroatoms. The lowest BCUT2D eigenvalue weighted by Gasteiger charge is -2.10. The first-order valence-corrected chi connectivity index (χ1v) is 11.0. The minimum atomic E-state index is -0.0456. The van der Waals surface area contributed by atoms with Crippen molar-refractivity contribution in [2.75, 3.05) is 6.54 Å². The van der Waals surface area contributed by atoms with Crippen LogP contribution in [0.1, 0.15) is 34.0 Å². The molecule has 0 aliphatic heterocycles. The lowest BCUT2D eigenvalue weighted by atomic mass is 10.1. The van der Waals surface area contributed by atoms with Crippen LogP contribution in [0.15, 0.2) is 72.1 Å². The third-order valence-corrected chi connectivity index (χ3v) is 5.91. The van der Waals surface area contributed by atoms with E-state index < -0.39 is 0 Å². The fourth-order valence-electron chi connectivity index (χ4n) is 3.37. The number of carbonyl (C=O) groups excluding carboxylic acids is 1. The van der Waals surface area contributed by atoms with Crippen molar-refractivity contribution < 1.29 is 4.79 Å². The van der Waals surface area contributed by atoms with E-state index in [0.29, 0.717) is 18.7 Å². The Bertz CT molecular complexity index is 1170. The molecule has 0 saturated carbocycles. The second-order valence-corrected chi connectivity index (χ2v) is 8.12. The van der Waals surface area contributed by atoms with E-state index in [1.807, 2.05) is 43.5 Å². The van der Waals surface area contributed by atoms with Crippen LogP contribution in [0.25, 0.3) is 11.0 Å². The second kappa shape index (κ2) is 9.13. The molecule has 1 amide bonds. The van der Waals surface area contributed by atoms with Gasteiger partial charge >= 0.3 is 0 Å². The van der Waals surface area contributed by atoms with Gasteiger partial charge in [0.25, 0.3) is 5.91 Å². The molecule has 2 aromatic carbocycles. The lowest BCUT2D eigenvalue weighted by molar-refractivity contribution is 0.0956. The van der Waals surface area contributed by atoms with Crippen LogP contribution in [0.2, 0.25) is 0 Å². The largest absolute Gasteiger partial charge is 0.352 e. The maximum absolute atomic E-state index is 12.0. The average Bonchev–Trinajstić information content (AvgIpc) is 3.10. The molecule has 0 bridgehead atoms. The van der Waals surface area contributed by atoms with Gasteiger partial charge in [0.1, 0.15) is 0 Å². The van der Waals surface area contributed by atoms with Crippen LogP contribution in [0, 0.1) is 6.92 Å². The number of benzene rings is 2. The standard InChI is InChI=1S/C24H24N4OS/c1-3-26-23(29)20-9-7-18(8-10-20)15-28-22-14-25-12-11-21(22)27-24(28)30-16-19-6-4-5-17(2)13-19/h4-14H,3,15-16H2,1-2H3,(H,26,29). The Morgan fingerprint density at radius 1 is 1.10 bits per heavy atom. The molecular formula is C24H24N4OS. The number of aromatic nitrogens is 3. The van der Waals surface area contributed by atoms with E-state index in [9.17, 15) is 4.79 Å². The summed E-state index contributed by atoms with van der Waals surface area (Å²) in [5.41, 5.74) is 6.28. The van der Waals surface area contributed by atoms with E-state index in [0.717, 1.165) is 27.5 Å². The minimum absolute atomic E-state index is 0.0456. The summed E-state index contributed by atoms with van der Waals surface area (Å²) in [5.74, 6) is 0.810. The van der Waals surface area contributed by atoms with Crippen LogP contribution >= 0.6 is 11.8 Å². The molecule has 0 aliphatic rings. The summed E-state index contributed by atoms with van der Waals surface area (Å²) in [6.45, 7) is 5.32. The number of hydrogen-bond acceptors (Lipinski definition) is 4. The van der Waals surface area contributed by atoms with Crippen LogP contribution in [0.3, 0.4) is 0 Å². The van der Waals surface area contributed by atoms with Crippen molar-refractivity contribution in [2.45, 2.75) is 31.3 Å². The van der Waals surface area contributed by atoms with E-state index in [1.54, 1.807) is 18.0 Å². The van der Waals surface area contributed by atoms with Crippen LogP contribution in [-0.4, -0.2) is 27.0 Å². The first-order valence-electron chi connectivity index (χ1n) is 10.00. The predicted molar refractivity (Wildman–Crippen MR) is 122 cm³/mol. The quantitative estimate of drug-likeness (QED) is 0.438. The molecule has 0 fully saturated rings. The second-order valence-electron chi connectivity index (χ2n) is 7.18. The highest BCUT2D eigenvalue weighted by molar-refractivity contribution is 7.98. The van der Waals surface area contributed by atoms with Gasteiger partial charge in [-0.05, 0) is 43.2 Å². The molecule has 4 rings (SSSR count). The van der Waals surface area contributed by atoms with Gasteiger partial charge in [-0.25, -0.2) is 4.98 Å². The van der Waals surface area contributed by atoms with E-state index in [4.69, 9.17) is 4.98 Å². The molecule has 0 atom stereocenters. The zero-order valence-corrected chi connectivity index (χ0v) is 17.9. The van der Waals surface area contributed by atoms with Crippen molar-refractivity contribution in [1.82, 2.24) is 19.9 Å². The Labute approximate surface area is 180 Å². The van der Waals surface area contributed by atoms with Gasteiger partial charge in [0.15, 0.2) is 5.16 Å². The van der Waals surface area contributed by atoms with Gasteiger partial charge in [0.05, 0.1) is 23.8 Å². The van der Waals surface area contributed by atoms with E-state index in [2.05, 4.69) is 46.1 Å². The molecule has 0 radical (unpaired) electrons. The summed E-state index contributed by atoms with van der Waals surface area (Å²) in [4.78, 5) is 21.1. The highest BCUT2D eigenvalue weighted by Crippen LogP contribution is 2.27. The zero-order chi connectivity index (χ0) is 20.9. The number of fused-ring (bicyclic) bond motifs is 1. The molecule has 152 valence electrons. The number of hydrogen-bond donors (Lipinski definition) is 1. The molecule has 4 aromatic rings. The smallest absolute Gasteiger partial charge is 0.251 e. The minimum Gasteiger partial charge on any atom is -0.352 e. The lowest BCUT2D eigenvalue weighted by Crippen LogP contribution is -2.22. The van der Waals surface area contributed by atoms with Crippen molar-refractivity contribution in [1.29, 1.82) is 0 Å². The van der Waals surface area contributed by atoms with Crippen LogP contribution < -0.4 is 5.32 Å². The Balaban J connectivity index is 1.59. The molecule has 0 saturated heterocycles. The predicted octanol–water partition coefficient (Wildman–Crippen LogP) is 4.83. The molecule has 5 nitrogen and oxygen atoms in total. The monoisotopic (exact) mass is 416 g/mol. The Morgan fingerprint density at radius 3 is 2.70 bits per heavy atom. The van der Waals surface area contributed by atoms with Gasteiger partial charge in [-0.3, -0.25) is 9.78 Å². The first kappa shape index (κ1) is 20.2. The molecule has 30 heavy (non-hydrogen) atoms. The topological polar surface area (TPSA) is 59.8 Å². The van der Waals surface area contributed by atoms with E-state index >= 15 is 0 Å². The Kier molecular flexibility index (Phi) is 6.14. The molecule has 2 aromatic heterocycles. The van der Waals surface area contributed by atoms with Gasteiger partial charge in [0.2, 0.25) is 0 Å². The van der Waals surface area contributed by atoms with Gasteiger partial charge in [-0.2, -0.15) is 0 Å². The van der Waals surface area contributed by atoms with Crippen LogP contribution in [-0.2, 0) is 12.3 Å². The summed E-state index contributed by atoms with van der Waals surface area (Å²) >= 11 is 1.73. The third-order valence-electron chi connectivity index (χ3n) is 4.86. The normalized spacial score (nSPS) is 11.0. The SMILES string of the molecule is CCNC(=O)c1ccc(Cn2c(SCc3cccc(C)c3)nc3ccncc32)cc1. The summed E-state index contributed by atoms with van der Waals surface area (Å²) in [5, 5.41) is 3.80. The van der Waals surface area contributed by atoms with Gasteiger partial charge in [-0.15, -0.1) is 0 Å². The van der Waals surface area contributed by atoms with Crippen LogP contribution in [0.4, 0.5) is 0 Å². The molecule has 0 aliphatic carbocycles. The number of aryl methyl sites for hydroxylation is 1.